The molecule has 0 aliphatic heterocycles. The van der Waals surface area contributed by atoms with E-state index in [-0.39, 0.29) is 5.57 Å². The van der Waals surface area contributed by atoms with Crippen molar-refractivity contribution in [3.63, 3.8) is 0 Å². The van der Waals surface area contributed by atoms with Gasteiger partial charge in [-0.05, 0) is 66.2 Å². The van der Waals surface area contributed by atoms with E-state index < -0.39 is 11.9 Å². The Balaban J connectivity index is 1.78. The fraction of sp³-hybridized carbons (Fsp3) is 0.0800. The van der Waals surface area contributed by atoms with Gasteiger partial charge in [0.25, 0.3) is 5.91 Å². The van der Waals surface area contributed by atoms with Gasteiger partial charge in [0.05, 0.1) is 12.7 Å². The van der Waals surface area contributed by atoms with Crippen molar-refractivity contribution in [1.82, 2.24) is 0 Å². The molecule has 33 heavy (non-hydrogen) atoms. The van der Waals surface area contributed by atoms with Gasteiger partial charge in [-0.2, -0.15) is 5.26 Å². The van der Waals surface area contributed by atoms with Crippen LogP contribution in [-0.4, -0.2) is 19.0 Å². The maximum absolute atomic E-state index is 12.7. The molecule has 0 heterocycles. The molecular weight excluding hydrogens is 552 g/mol. The maximum atomic E-state index is 12.7. The van der Waals surface area contributed by atoms with E-state index in [1.54, 1.807) is 24.3 Å². The number of anilines is 1. The molecule has 0 fully saturated rings. The summed E-state index contributed by atoms with van der Waals surface area (Å²) < 4.78 is 12.4. The Labute approximate surface area is 208 Å². The Kier molecular flexibility index (Phi) is 8.41. The maximum Gasteiger partial charge on any atom is 0.337 e. The Morgan fingerprint density at radius 1 is 1.00 bits per heavy atom. The quantitative estimate of drug-likeness (QED) is 0.210. The van der Waals surface area contributed by atoms with Crippen LogP contribution in [0.15, 0.2) is 81.2 Å². The van der Waals surface area contributed by atoms with E-state index in [2.05, 4.69) is 41.9 Å². The summed E-state index contributed by atoms with van der Waals surface area (Å²) in [5.74, 6) is -0.526. The highest BCUT2D eigenvalue weighted by Gasteiger charge is 2.13. The predicted molar refractivity (Wildman–Crippen MR) is 133 cm³/mol. The summed E-state index contributed by atoms with van der Waals surface area (Å²) in [6.45, 7) is 0.330. The molecule has 166 valence electrons. The number of nitrogens with one attached hydrogen (secondary N) is 1. The number of benzene rings is 3. The lowest BCUT2D eigenvalue weighted by atomic mass is 10.1. The van der Waals surface area contributed by atoms with E-state index in [4.69, 9.17) is 4.74 Å². The fourth-order valence-corrected chi connectivity index (χ4v) is 3.46. The van der Waals surface area contributed by atoms with E-state index in [0.717, 1.165) is 14.5 Å². The molecule has 3 aromatic carbocycles. The number of carbonyl (C=O) groups is 2. The van der Waals surface area contributed by atoms with E-state index in [1.807, 2.05) is 36.4 Å². The van der Waals surface area contributed by atoms with Gasteiger partial charge in [-0.3, -0.25) is 4.79 Å². The second-order valence-electron chi connectivity index (χ2n) is 6.79. The van der Waals surface area contributed by atoms with Crippen LogP contribution >= 0.6 is 31.9 Å². The van der Waals surface area contributed by atoms with Gasteiger partial charge in [-0.15, -0.1) is 0 Å². The lowest BCUT2D eigenvalue weighted by Crippen LogP contribution is -2.13. The number of nitriles is 1. The number of carbonyl (C=O) groups excluding carboxylic acids is 2. The van der Waals surface area contributed by atoms with Crippen LogP contribution in [-0.2, 0) is 16.1 Å². The molecule has 1 amide bonds. The third-order valence-corrected chi connectivity index (χ3v) is 5.53. The van der Waals surface area contributed by atoms with Crippen LogP contribution in [0.5, 0.6) is 5.75 Å². The predicted octanol–water partition coefficient (Wildman–Crippen LogP) is 6.12. The zero-order valence-corrected chi connectivity index (χ0v) is 20.6. The largest absolute Gasteiger partial charge is 0.488 e. The van der Waals surface area contributed by atoms with Crippen molar-refractivity contribution in [3.8, 4) is 11.8 Å². The van der Waals surface area contributed by atoms with Crippen LogP contribution in [0.3, 0.4) is 0 Å². The van der Waals surface area contributed by atoms with Crippen molar-refractivity contribution >= 4 is 55.5 Å². The van der Waals surface area contributed by atoms with Crippen LogP contribution in [0.4, 0.5) is 5.69 Å². The Morgan fingerprint density at radius 2 is 1.67 bits per heavy atom. The molecule has 1 N–H and O–H groups in total. The molecule has 0 radical (unpaired) electrons. The fourth-order valence-electron chi connectivity index (χ4n) is 2.82. The lowest BCUT2D eigenvalue weighted by Gasteiger charge is -2.11. The second kappa shape index (κ2) is 11.5. The zero-order chi connectivity index (χ0) is 23.8. The number of esters is 1. The summed E-state index contributed by atoms with van der Waals surface area (Å²) in [6.07, 6.45) is 1.47. The van der Waals surface area contributed by atoms with Crippen molar-refractivity contribution < 1.29 is 19.1 Å². The molecule has 0 spiro atoms. The number of nitrogens with zero attached hydrogens (tertiary/aromatic N) is 1. The number of methoxy groups -OCH3 is 1. The number of ether oxygens (including phenoxy) is 2. The van der Waals surface area contributed by atoms with Crippen molar-refractivity contribution in [2.75, 3.05) is 12.4 Å². The van der Waals surface area contributed by atoms with Crippen molar-refractivity contribution in [1.29, 1.82) is 5.26 Å². The summed E-state index contributed by atoms with van der Waals surface area (Å²) >= 11 is 6.82. The standard InChI is InChI=1S/C25H18Br2N2O4/c1-32-25(31)17-4-9-22(10-5-17)29-24(30)19(14-28)12-18-13-21(27)8-11-23(18)33-15-16-2-6-20(26)7-3-16/h2-13H,15H2,1H3,(H,29,30)/b19-12+. The van der Waals surface area contributed by atoms with Gasteiger partial charge in [-0.25, -0.2) is 4.79 Å². The van der Waals surface area contributed by atoms with Crippen molar-refractivity contribution in [2.45, 2.75) is 6.61 Å². The van der Waals surface area contributed by atoms with Crippen LogP contribution in [0, 0.1) is 11.3 Å². The molecule has 3 rings (SSSR count). The van der Waals surface area contributed by atoms with Gasteiger partial charge in [0.15, 0.2) is 0 Å². The molecule has 0 aromatic heterocycles. The average molecular weight is 570 g/mol. The van der Waals surface area contributed by atoms with E-state index in [9.17, 15) is 14.9 Å². The SMILES string of the molecule is COC(=O)c1ccc(NC(=O)/C(C#N)=C/c2cc(Br)ccc2OCc2ccc(Br)cc2)cc1. The molecule has 6 nitrogen and oxygen atoms in total. The third kappa shape index (κ3) is 6.78. The third-order valence-electron chi connectivity index (χ3n) is 4.51. The highest BCUT2D eigenvalue weighted by molar-refractivity contribution is 9.10. The second-order valence-corrected chi connectivity index (χ2v) is 8.62. The highest BCUT2D eigenvalue weighted by atomic mass is 79.9. The van der Waals surface area contributed by atoms with Crippen LogP contribution < -0.4 is 10.1 Å². The van der Waals surface area contributed by atoms with Gasteiger partial charge in [0.2, 0.25) is 0 Å². The van der Waals surface area contributed by atoms with Crippen molar-refractivity contribution in [2.24, 2.45) is 0 Å². The first kappa shape index (κ1) is 24.2. The number of rotatable bonds is 7. The minimum Gasteiger partial charge on any atom is -0.488 e. The average Bonchev–Trinajstić information content (AvgIpc) is 2.82. The zero-order valence-electron chi connectivity index (χ0n) is 17.5. The molecular formula is C25H18Br2N2O4. The van der Waals surface area contributed by atoms with Crippen LogP contribution in [0.2, 0.25) is 0 Å². The van der Waals surface area contributed by atoms with Gasteiger partial charge in [0, 0.05) is 20.2 Å². The first-order chi connectivity index (χ1) is 15.9. The van der Waals surface area contributed by atoms with Gasteiger partial charge in [-0.1, -0.05) is 44.0 Å². The molecule has 0 saturated heterocycles. The summed E-state index contributed by atoms with van der Waals surface area (Å²) in [4.78, 5) is 24.2. The van der Waals surface area contributed by atoms with Gasteiger partial charge < -0.3 is 14.8 Å². The molecule has 0 aliphatic rings. The highest BCUT2D eigenvalue weighted by Crippen LogP contribution is 2.27. The van der Waals surface area contributed by atoms with E-state index in [0.29, 0.717) is 29.2 Å². The Morgan fingerprint density at radius 3 is 2.30 bits per heavy atom. The molecule has 8 heteroatoms. The minimum absolute atomic E-state index is 0.0985. The van der Waals surface area contributed by atoms with Gasteiger partial charge >= 0.3 is 5.97 Å². The Hall–Kier alpha value is -3.41. The topological polar surface area (TPSA) is 88.4 Å². The Bertz CT molecular complexity index is 1230. The molecule has 0 aliphatic carbocycles. The van der Waals surface area contributed by atoms with Gasteiger partial charge in [0.1, 0.15) is 24.0 Å². The first-order valence-corrected chi connectivity index (χ1v) is 11.3. The molecule has 0 unspecified atom stereocenters. The monoisotopic (exact) mass is 568 g/mol. The first-order valence-electron chi connectivity index (χ1n) is 9.68. The summed E-state index contributed by atoms with van der Waals surface area (Å²) in [6, 6.07) is 21.2. The van der Waals surface area contributed by atoms with E-state index in [1.165, 1.54) is 25.3 Å². The number of hydrogen-bond donors (Lipinski definition) is 1. The molecule has 3 aromatic rings. The van der Waals surface area contributed by atoms with E-state index >= 15 is 0 Å². The summed E-state index contributed by atoms with van der Waals surface area (Å²) in [5, 5.41) is 12.2. The number of amides is 1. The lowest BCUT2D eigenvalue weighted by molar-refractivity contribution is -0.112. The summed E-state index contributed by atoms with van der Waals surface area (Å²) in [5.41, 5.74) is 2.25. The van der Waals surface area contributed by atoms with Crippen molar-refractivity contribution in [3.05, 3.63) is 97.9 Å². The number of halogens is 2. The molecule has 0 atom stereocenters. The summed E-state index contributed by atoms with van der Waals surface area (Å²) in [7, 11) is 1.29. The minimum atomic E-state index is -0.581. The molecule has 0 saturated carbocycles. The molecule has 0 bridgehead atoms. The van der Waals surface area contributed by atoms with Crippen LogP contribution in [0.1, 0.15) is 21.5 Å². The number of hydrogen-bond acceptors (Lipinski definition) is 5. The normalized spacial score (nSPS) is 10.8. The van der Waals surface area contributed by atoms with Crippen LogP contribution in [0.25, 0.3) is 6.08 Å². The smallest absolute Gasteiger partial charge is 0.337 e.